The van der Waals surface area contributed by atoms with Crippen LogP contribution in [0.1, 0.15) is 5.69 Å². The molecule has 0 radical (unpaired) electrons. The van der Waals surface area contributed by atoms with Crippen LogP contribution in [0.3, 0.4) is 0 Å². The van der Waals surface area contributed by atoms with Crippen LogP contribution in [0.25, 0.3) is 15.5 Å². The molecule has 0 unspecified atom stereocenters. The van der Waals surface area contributed by atoms with E-state index in [0.717, 1.165) is 11.3 Å². The van der Waals surface area contributed by atoms with E-state index < -0.39 is 5.82 Å². The molecule has 1 aliphatic heterocycles. The van der Waals surface area contributed by atoms with E-state index in [1.54, 1.807) is 24.1 Å². The van der Waals surface area contributed by atoms with E-state index in [1.165, 1.54) is 34.1 Å². The number of urea groups is 1. The fourth-order valence-electron chi connectivity index (χ4n) is 3.89. The Bertz CT molecular complexity index is 1410. The number of methoxy groups -OCH3 is 1. The number of carbonyl (C=O) groups is 1. The molecule has 0 aliphatic carbocycles. The number of benzene rings is 2. The summed E-state index contributed by atoms with van der Waals surface area (Å²) in [6.45, 7) is 2.81. The van der Waals surface area contributed by atoms with Gasteiger partial charge >= 0.3 is 6.03 Å². The highest BCUT2D eigenvalue weighted by Crippen LogP contribution is 2.26. The third-order valence-corrected chi connectivity index (χ3v) is 6.71. The van der Waals surface area contributed by atoms with Crippen LogP contribution in [0.4, 0.5) is 14.9 Å². The number of carbonyl (C=O) groups excluding carboxylic acids is 1. The van der Waals surface area contributed by atoms with E-state index in [0.29, 0.717) is 54.1 Å². The summed E-state index contributed by atoms with van der Waals surface area (Å²) in [7, 11) is 1.61. The molecule has 9 nitrogen and oxygen atoms in total. The Kier molecular flexibility index (Phi) is 6.43. The first-order chi connectivity index (χ1) is 17.0. The van der Waals surface area contributed by atoms with Gasteiger partial charge in [-0.15, -0.1) is 0 Å². The SMILES string of the molecule is COc1ccc(-c2nn3c(=O)cc(CN4CCN(C(=O)Nc5cccc(F)c5)CC4)nc3s2)cc1. The maximum absolute atomic E-state index is 13.4. The van der Waals surface area contributed by atoms with E-state index in [1.807, 2.05) is 24.3 Å². The number of ether oxygens (including phenoxy) is 1. The van der Waals surface area contributed by atoms with Crippen LogP contribution in [0.5, 0.6) is 5.75 Å². The first-order valence-electron chi connectivity index (χ1n) is 11.1. The molecule has 1 saturated heterocycles. The molecule has 1 N–H and O–H groups in total. The van der Waals surface area contributed by atoms with Crippen LogP contribution >= 0.6 is 11.3 Å². The normalized spacial score (nSPS) is 14.3. The summed E-state index contributed by atoms with van der Waals surface area (Å²) in [6.07, 6.45) is 0. The van der Waals surface area contributed by atoms with Gasteiger partial charge in [0.25, 0.3) is 5.56 Å². The number of aromatic nitrogens is 3. The van der Waals surface area contributed by atoms with Crippen LogP contribution in [-0.2, 0) is 6.54 Å². The highest BCUT2D eigenvalue weighted by molar-refractivity contribution is 7.19. The minimum atomic E-state index is -0.398. The Labute approximate surface area is 204 Å². The van der Waals surface area contributed by atoms with Crippen molar-refractivity contribution in [2.24, 2.45) is 0 Å². The van der Waals surface area contributed by atoms with Crippen molar-refractivity contribution >= 4 is 28.0 Å². The molecule has 0 saturated carbocycles. The quantitative estimate of drug-likeness (QED) is 0.458. The summed E-state index contributed by atoms with van der Waals surface area (Å²) in [5, 5.41) is 7.85. The lowest BCUT2D eigenvalue weighted by Crippen LogP contribution is -2.49. The highest BCUT2D eigenvalue weighted by Gasteiger charge is 2.22. The number of nitrogens with one attached hydrogen (secondary N) is 1. The second-order valence-electron chi connectivity index (χ2n) is 8.12. The van der Waals surface area contributed by atoms with Gasteiger partial charge in [-0.25, -0.2) is 14.2 Å². The fourth-order valence-corrected chi connectivity index (χ4v) is 4.82. The first kappa shape index (κ1) is 22.9. The fraction of sp³-hybridized carbons (Fsp3) is 0.250. The van der Waals surface area contributed by atoms with Gasteiger partial charge in [0.2, 0.25) is 4.96 Å². The van der Waals surface area contributed by atoms with Crippen molar-refractivity contribution < 1.29 is 13.9 Å². The van der Waals surface area contributed by atoms with Gasteiger partial charge in [0.05, 0.1) is 12.8 Å². The van der Waals surface area contributed by atoms with E-state index in [-0.39, 0.29) is 11.6 Å². The number of amides is 2. The van der Waals surface area contributed by atoms with Gasteiger partial charge in [-0.3, -0.25) is 9.69 Å². The molecule has 11 heteroatoms. The van der Waals surface area contributed by atoms with Gasteiger partial charge in [0.15, 0.2) is 0 Å². The summed E-state index contributed by atoms with van der Waals surface area (Å²) in [6, 6.07) is 14.6. The van der Waals surface area contributed by atoms with Gasteiger partial charge in [0.1, 0.15) is 16.6 Å². The summed E-state index contributed by atoms with van der Waals surface area (Å²) in [4.78, 5) is 34.2. The molecule has 35 heavy (non-hydrogen) atoms. The van der Waals surface area contributed by atoms with Crippen molar-refractivity contribution in [3.63, 3.8) is 0 Å². The molecule has 4 aromatic rings. The molecule has 3 heterocycles. The predicted molar refractivity (Wildman–Crippen MR) is 131 cm³/mol. The number of anilines is 1. The third-order valence-electron chi connectivity index (χ3n) is 5.76. The van der Waals surface area contributed by atoms with Crippen molar-refractivity contribution in [3.05, 3.63) is 76.5 Å². The van der Waals surface area contributed by atoms with Crippen LogP contribution in [-0.4, -0.2) is 63.7 Å². The van der Waals surface area contributed by atoms with Gasteiger partial charge in [0, 0.05) is 50.0 Å². The second kappa shape index (κ2) is 9.80. The highest BCUT2D eigenvalue weighted by atomic mass is 32.1. The van der Waals surface area contributed by atoms with Gasteiger partial charge < -0.3 is 15.0 Å². The number of hydrogen-bond acceptors (Lipinski definition) is 7. The minimum absolute atomic E-state index is 0.228. The Morgan fingerprint density at radius 2 is 1.89 bits per heavy atom. The van der Waals surface area contributed by atoms with E-state index >= 15 is 0 Å². The number of piperazine rings is 1. The number of halogens is 1. The van der Waals surface area contributed by atoms with Crippen LogP contribution < -0.4 is 15.6 Å². The van der Waals surface area contributed by atoms with Gasteiger partial charge in [-0.1, -0.05) is 17.4 Å². The number of hydrogen-bond donors (Lipinski definition) is 1. The van der Waals surface area contributed by atoms with Crippen LogP contribution in [0.15, 0.2) is 59.4 Å². The summed E-state index contributed by atoms with van der Waals surface area (Å²) in [5.41, 5.74) is 1.75. The smallest absolute Gasteiger partial charge is 0.321 e. The van der Waals surface area contributed by atoms with E-state index in [9.17, 15) is 14.0 Å². The van der Waals surface area contributed by atoms with Gasteiger partial charge in [-0.2, -0.15) is 9.61 Å². The topological polar surface area (TPSA) is 92.1 Å². The monoisotopic (exact) mass is 494 g/mol. The second-order valence-corrected chi connectivity index (χ2v) is 9.08. The lowest BCUT2D eigenvalue weighted by Gasteiger charge is -2.34. The standard InChI is InChI=1S/C24H23FN6O3S/c1-34-20-7-5-16(6-8-20)22-28-31-21(32)14-19(27-24(31)35-22)15-29-9-11-30(12-10-29)23(33)26-18-4-2-3-17(25)13-18/h2-8,13-14H,9-12,15H2,1H3,(H,26,33). The Hall–Kier alpha value is -3.83. The summed E-state index contributed by atoms with van der Waals surface area (Å²) in [5.74, 6) is 0.351. The third kappa shape index (κ3) is 5.15. The summed E-state index contributed by atoms with van der Waals surface area (Å²) < 4.78 is 19.9. The van der Waals surface area contributed by atoms with Gasteiger partial charge in [-0.05, 0) is 42.5 Å². The van der Waals surface area contributed by atoms with E-state index in [2.05, 4.69) is 20.3 Å². The lowest BCUT2D eigenvalue weighted by atomic mass is 10.2. The van der Waals surface area contributed by atoms with Crippen molar-refractivity contribution in [1.82, 2.24) is 24.4 Å². The number of nitrogens with zero attached hydrogens (tertiary/aromatic N) is 5. The number of rotatable bonds is 5. The lowest BCUT2D eigenvalue weighted by molar-refractivity contribution is 0.142. The minimum Gasteiger partial charge on any atom is -0.497 e. The Balaban J connectivity index is 1.23. The van der Waals surface area contributed by atoms with Crippen molar-refractivity contribution in [3.8, 4) is 16.3 Å². The molecule has 0 atom stereocenters. The first-order valence-corrected chi connectivity index (χ1v) is 11.9. The van der Waals surface area contributed by atoms with Crippen LogP contribution in [0.2, 0.25) is 0 Å². The molecule has 2 aromatic carbocycles. The molecular formula is C24H23FN6O3S. The summed E-state index contributed by atoms with van der Waals surface area (Å²) >= 11 is 1.35. The van der Waals surface area contributed by atoms with Crippen molar-refractivity contribution in [2.75, 3.05) is 38.6 Å². The van der Waals surface area contributed by atoms with E-state index in [4.69, 9.17) is 4.74 Å². The average Bonchev–Trinajstić information content (AvgIpc) is 3.29. The molecular weight excluding hydrogens is 471 g/mol. The Morgan fingerprint density at radius 1 is 1.11 bits per heavy atom. The molecule has 0 bridgehead atoms. The molecule has 2 amide bonds. The molecule has 1 fully saturated rings. The van der Waals surface area contributed by atoms with Crippen molar-refractivity contribution in [2.45, 2.75) is 6.54 Å². The number of fused-ring (bicyclic) bond motifs is 1. The molecule has 5 rings (SSSR count). The zero-order valence-corrected chi connectivity index (χ0v) is 19.8. The maximum Gasteiger partial charge on any atom is 0.321 e. The predicted octanol–water partition coefficient (Wildman–Crippen LogP) is 3.32. The molecule has 1 aliphatic rings. The maximum atomic E-state index is 13.4. The average molecular weight is 495 g/mol. The van der Waals surface area contributed by atoms with Crippen LogP contribution in [0, 0.1) is 5.82 Å². The molecule has 2 aromatic heterocycles. The molecule has 180 valence electrons. The largest absolute Gasteiger partial charge is 0.497 e. The van der Waals surface area contributed by atoms with Crippen molar-refractivity contribution in [1.29, 1.82) is 0 Å². The Morgan fingerprint density at radius 3 is 2.60 bits per heavy atom. The zero-order valence-electron chi connectivity index (χ0n) is 19.0. The zero-order chi connectivity index (χ0) is 24.4. The molecule has 0 spiro atoms.